The second-order valence-corrected chi connectivity index (χ2v) is 15.1. The molecule has 0 radical (unpaired) electrons. The Kier molecular flexibility index (Phi) is 5.60. The Morgan fingerprint density at radius 1 is 0.413 bits per heavy atom. The zero-order chi connectivity index (χ0) is 51.9. The van der Waals surface area contributed by atoms with Crippen LogP contribution in [0.3, 0.4) is 0 Å². The summed E-state index contributed by atoms with van der Waals surface area (Å²) in [4.78, 5) is 15.0. The van der Waals surface area contributed by atoms with Gasteiger partial charge in [0.25, 0.3) is 0 Å². The highest BCUT2D eigenvalue weighted by Gasteiger charge is 2.23. The van der Waals surface area contributed by atoms with Gasteiger partial charge in [0.1, 0.15) is 5.58 Å². The number of nitrogens with zero attached hydrogens (tertiary/aromatic N) is 5. The van der Waals surface area contributed by atoms with Crippen LogP contribution in [-0.2, 0) is 0 Å². The number of benzene rings is 9. The van der Waals surface area contributed by atoms with Crippen molar-refractivity contribution in [3.8, 4) is 56.7 Å². The summed E-state index contributed by atoms with van der Waals surface area (Å²) >= 11 is 0. The Morgan fingerprint density at radius 3 is 1.81 bits per heavy atom. The lowest BCUT2D eigenvalue weighted by atomic mass is 10.0. The summed E-state index contributed by atoms with van der Waals surface area (Å²) in [6, 6.07) is 37.3. The molecule has 6 nitrogen and oxygen atoms in total. The smallest absolute Gasteiger partial charge is 0.164 e. The molecular weight excluding hydrogens is 771 g/mol. The largest absolute Gasteiger partial charge is 0.454 e. The van der Waals surface area contributed by atoms with Crippen molar-refractivity contribution < 1.29 is 20.9 Å². The van der Waals surface area contributed by atoms with Crippen molar-refractivity contribution in [1.82, 2.24) is 24.1 Å². The molecule has 6 heteroatoms. The van der Waals surface area contributed by atoms with Gasteiger partial charge in [0.2, 0.25) is 0 Å². The second kappa shape index (κ2) is 14.0. The van der Waals surface area contributed by atoms with Crippen LogP contribution in [0.1, 0.15) is 16.4 Å². The first-order valence-electron chi connectivity index (χ1n) is 26.2. The number of fused-ring (bicyclic) bond motifs is 10. The molecule has 4 heterocycles. The van der Waals surface area contributed by atoms with Crippen molar-refractivity contribution >= 4 is 65.6 Å². The Morgan fingerprint density at radius 2 is 1.06 bits per heavy atom. The van der Waals surface area contributed by atoms with E-state index in [1.807, 2.05) is 115 Å². The Balaban J connectivity index is 1.11. The zero-order valence-corrected chi connectivity index (χ0v) is 32.9. The van der Waals surface area contributed by atoms with Gasteiger partial charge in [-0.2, -0.15) is 0 Å². The summed E-state index contributed by atoms with van der Waals surface area (Å²) < 4.78 is 118. The van der Waals surface area contributed by atoms with Crippen molar-refractivity contribution in [3.05, 3.63) is 212 Å². The maximum absolute atomic E-state index is 9.68. The highest BCUT2D eigenvalue weighted by molar-refractivity contribution is 6.25. The Bertz CT molecular complexity index is 4530. The van der Waals surface area contributed by atoms with Crippen molar-refractivity contribution in [1.29, 1.82) is 0 Å². The number of rotatable bonds is 6. The van der Waals surface area contributed by atoms with Gasteiger partial charge < -0.3 is 13.6 Å². The minimum Gasteiger partial charge on any atom is -0.454 e. The molecule has 0 saturated carbocycles. The molecule has 4 aromatic heterocycles. The number of hydrogen-bond donors (Lipinski definition) is 0. The molecule has 63 heavy (non-hydrogen) atoms. The van der Waals surface area contributed by atoms with Gasteiger partial charge in [-0.1, -0.05) is 158 Å². The third-order valence-corrected chi connectivity index (χ3v) is 11.5. The number of para-hydroxylation sites is 3. The van der Waals surface area contributed by atoms with E-state index >= 15 is 0 Å². The van der Waals surface area contributed by atoms with E-state index < -0.39 is 83.6 Å². The maximum Gasteiger partial charge on any atom is 0.164 e. The maximum atomic E-state index is 9.68. The lowest BCUT2D eigenvalue weighted by molar-refractivity contribution is 0.666. The summed E-state index contributed by atoms with van der Waals surface area (Å²) in [6.07, 6.45) is 0. The molecule has 13 aromatic rings. The molecule has 0 aliphatic rings. The van der Waals surface area contributed by atoms with Crippen LogP contribution < -0.4 is 0 Å². The quantitative estimate of drug-likeness (QED) is 0.168. The van der Waals surface area contributed by atoms with E-state index in [1.165, 1.54) is 4.57 Å². The summed E-state index contributed by atoms with van der Waals surface area (Å²) in [5, 5.41) is 2.82. The number of furan rings is 1. The summed E-state index contributed by atoms with van der Waals surface area (Å²) in [5.41, 5.74) is 4.74. The molecule has 0 saturated heterocycles. The normalized spacial score (nSPS) is 14.5. The van der Waals surface area contributed by atoms with E-state index in [0.29, 0.717) is 33.8 Å². The van der Waals surface area contributed by atoms with Gasteiger partial charge in [0.05, 0.1) is 49.6 Å². The van der Waals surface area contributed by atoms with E-state index in [1.54, 1.807) is 12.1 Å². The first-order valence-corrected chi connectivity index (χ1v) is 20.2. The van der Waals surface area contributed by atoms with Gasteiger partial charge in [0.15, 0.2) is 23.1 Å². The number of aromatic nitrogens is 5. The minimum atomic E-state index is -0.698. The van der Waals surface area contributed by atoms with E-state index in [-0.39, 0.29) is 33.1 Å². The van der Waals surface area contributed by atoms with Gasteiger partial charge in [-0.25, -0.2) is 15.0 Å². The van der Waals surface area contributed by atoms with E-state index in [0.717, 1.165) is 44.2 Å². The van der Waals surface area contributed by atoms with Crippen LogP contribution in [0.5, 0.6) is 0 Å². The SMILES string of the molecule is [2H]c1c([2H])c([2H])c(-c2c([2H])c([2H])c3c(c2[2H])c2c([2H])c([2H])c([2H])c([2H])c2n3-c2cccc3c2oc2ccc4c5ccc(-c6nc(-c7ccccc7)nc(-c7ccccc7)n6)cc5n(-c5ccccc5)c4c23)c([2H])c1[2H]. The van der Waals surface area contributed by atoms with Crippen LogP contribution in [-0.4, -0.2) is 24.1 Å². The molecule has 9 aromatic carbocycles. The van der Waals surface area contributed by atoms with Crippen LogP contribution in [0.4, 0.5) is 0 Å². The van der Waals surface area contributed by atoms with Crippen LogP contribution in [0.15, 0.2) is 216 Å². The average molecular weight is 818 g/mol. The molecule has 0 N–H and O–H groups in total. The first-order chi connectivity index (χ1) is 36.2. The summed E-state index contributed by atoms with van der Waals surface area (Å²) in [5.74, 6) is 1.52. The fraction of sp³-hybridized carbons (Fsp3) is 0. The Hall–Kier alpha value is -8.61. The van der Waals surface area contributed by atoms with Gasteiger partial charge in [-0.15, -0.1) is 0 Å². The Labute approximate surface area is 378 Å². The van der Waals surface area contributed by atoms with E-state index in [2.05, 4.69) is 16.7 Å². The van der Waals surface area contributed by atoms with Gasteiger partial charge in [-0.3, -0.25) is 0 Å². The minimum absolute atomic E-state index is 0.108. The number of hydrogen-bond acceptors (Lipinski definition) is 4. The predicted molar refractivity (Wildman–Crippen MR) is 258 cm³/mol. The van der Waals surface area contributed by atoms with E-state index in [4.69, 9.17) is 29.0 Å². The summed E-state index contributed by atoms with van der Waals surface area (Å²) in [7, 11) is 0. The fourth-order valence-corrected chi connectivity index (χ4v) is 8.72. The molecule has 0 spiro atoms. The highest BCUT2D eigenvalue weighted by Crippen LogP contribution is 2.44. The molecule has 0 aliphatic carbocycles. The lowest BCUT2D eigenvalue weighted by Gasteiger charge is -2.11. The topological polar surface area (TPSA) is 61.7 Å². The first kappa shape index (κ1) is 25.2. The van der Waals surface area contributed by atoms with Crippen molar-refractivity contribution in [3.63, 3.8) is 0 Å². The van der Waals surface area contributed by atoms with Crippen molar-refractivity contribution in [2.45, 2.75) is 0 Å². The standard InChI is InChI=1S/C57H35N5O/c1-5-16-36(17-6-1)39-29-32-48-46(34-39)42-24-13-14-26-47(42)62(48)49-27-15-25-45-52-51(63-54(45)49)33-31-44-43-30-28-40(35-50(43)61(53(44)52)41-22-11-4-12-23-41)57-59-55(37-18-7-2-8-19-37)58-56(60-57)38-20-9-3-10-21-38/h1-35H/i1D,5D,6D,13D,14D,16D,17D,24D,26D,29D,32D,34D. The molecule has 13 rings (SSSR count). The average Bonchev–Trinajstić information content (AvgIpc) is 4.24. The molecule has 0 amide bonds. The molecule has 0 unspecified atom stereocenters. The van der Waals surface area contributed by atoms with Crippen LogP contribution in [0.2, 0.25) is 0 Å². The molecule has 0 bridgehead atoms. The molecule has 294 valence electrons. The van der Waals surface area contributed by atoms with Crippen LogP contribution >= 0.6 is 0 Å². The lowest BCUT2D eigenvalue weighted by Crippen LogP contribution is -2.00. The summed E-state index contributed by atoms with van der Waals surface area (Å²) in [6.45, 7) is 0. The molecule has 0 fully saturated rings. The zero-order valence-electron chi connectivity index (χ0n) is 44.9. The van der Waals surface area contributed by atoms with Crippen molar-refractivity contribution in [2.75, 3.05) is 0 Å². The molecule has 0 aliphatic heterocycles. The second-order valence-electron chi connectivity index (χ2n) is 15.1. The monoisotopic (exact) mass is 817 g/mol. The molecule has 0 atom stereocenters. The third kappa shape index (κ3) is 5.55. The van der Waals surface area contributed by atoms with Gasteiger partial charge in [0, 0.05) is 49.3 Å². The van der Waals surface area contributed by atoms with Crippen LogP contribution in [0.25, 0.3) is 122 Å². The van der Waals surface area contributed by atoms with Gasteiger partial charge in [-0.05, 0) is 65.7 Å². The fourth-order valence-electron chi connectivity index (χ4n) is 8.72. The van der Waals surface area contributed by atoms with Gasteiger partial charge >= 0.3 is 0 Å². The highest BCUT2D eigenvalue weighted by atomic mass is 16.3. The predicted octanol–water partition coefficient (Wildman–Crippen LogP) is 14.6. The third-order valence-electron chi connectivity index (χ3n) is 11.5. The van der Waals surface area contributed by atoms with E-state index in [9.17, 15) is 6.85 Å². The van der Waals surface area contributed by atoms with Crippen molar-refractivity contribution in [2.24, 2.45) is 0 Å². The van der Waals surface area contributed by atoms with Crippen LogP contribution in [0, 0.1) is 0 Å². The molecular formula is C57H35N5O.